The van der Waals surface area contributed by atoms with Gasteiger partial charge >= 0.3 is 0 Å². The highest BCUT2D eigenvalue weighted by molar-refractivity contribution is 6.74. The summed E-state index contributed by atoms with van der Waals surface area (Å²) in [6, 6.07) is 0. The van der Waals surface area contributed by atoms with Crippen LogP contribution in [0.3, 0.4) is 0 Å². The van der Waals surface area contributed by atoms with E-state index >= 15 is 0 Å². The summed E-state index contributed by atoms with van der Waals surface area (Å²) in [6.45, 7) is 21.3. The van der Waals surface area contributed by atoms with Crippen molar-refractivity contribution in [3.8, 4) is 0 Å². The van der Waals surface area contributed by atoms with Gasteiger partial charge in [0.05, 0.1) is 0 Å². The summed E-state index contributed by atoms with van der Waals surface area (Å²) in [6.07, 6.45) is -0.880. The molecular formula is C18H36O4Si2. The van der Waals surface area contributed by atoms with Crippen LogP contribution in [0, 0.1) is 0 Å². The third-order valence-corrected chi connectivity index (χ3v) is 14.9. The van der Waals surface area contributed by atoms with Gasteiger partial charge in [0.1, 0.15) is 18.0 Å². The summed E-state index contributed by atoms with van der Waals surface area (Å²) in [5.41, 5.74) is 0. The van der Waals surface area contributed by atoms with Gasteiger partial charge in [-0.1, -0.05) is 41.5 Å². The van der Waals surface area contributed by atoms with E-state index in [1.807, 2.05) is 0 Å². The van der Waals surface area contributed by atoms with E-state index in [2.05, 4.69) is 67.7 Å². The minimum Gasteiger partial charge on any atom is -0.406 e. The molecule has 0 saturated heterocycles. The fraction of sp³-hybridized carbons (Fsp3) is 0.889. The van der Waals surface area contributed by atoms with Crippen LogP contribution in [0.5, 0.6) is 0 Å². The molecule has 0 bridgehead atoms. The van der Waals surface area contributed by atoms with E-state index in [1.165, 1.54) is 0 Å². The highest BCUT2D eigenvalue weighted by Gasteiger charge is 2.47. The van der Waals surface area contributed by atoms with Gasteiger partial charge in [-0.2, -0.15) is 0 Å². The Hall–Kier alpha value is -0.306. The lowest BCUT2D eigenvalue weighted by molar-refractivity contribution is -0.144. The molecule has 0 amide bonds. The van der Waals surface area contributed by atoms with Gasteiger partial charge in [-0.05, 0) is 36.3 Å². The molecular weight excluding hydrogens is 336 g/mol. The third-order valence-electron chi connectivity index (χ3n) is 5.95. The Morgan fingerprint density at radius 2 is 1.04 bits per heavy atom. The van der Waals surface area contributed by atoms with Crippen molar-refractivity contribution in [2.75, 3.05) is 0 Å². The lowest BCUT2D eigenvalue weighted by Crippen LogP contribution is -2.54. The molecule has 0 aromatic heterocycles. The molecule has 2 atom stereocenters. The Bertz CT molecular complexity index is 456. The molecule has 0 spiro atoms. The van der Waals surface area contributed by atoms with Crippen molar-refractivity contribution in [3.05, 3.63) is 0 Å². The molecule has 0 aromatic carbocycles. The van der Waals surface area contributed by atoms with Crippen LogP contribution in [0.25, 0.3) is 0 Å². The summed E-state index contributed by atoms with van der Waals surface area (Å²) >= 11 is 0. The number of carbonyl (C=O) groups excluding carboxylic acids is 2. The number of hydrogen-bond donors (Lipinski definition) is 0. The van der Waals surface area contributed by atoms with E-state index in [-0.39, 0.29) is 34.5 Å². The molecule has 140 valence electrons. The van der Waals surface area contributed by atoms with Crippen molar-refractivity contribution >= 4 is 28.2 Å². The number of rotatable bonds is 4. The SMILES string of the molecule is CC(C)(C)[Si](C)(C)O[C@@H]1CC(=O)C[C@@H](O[Si](C)(C)C(C)(C)C)C1=O. The van der Waals surface area contributed by atoms with Gasteiger partial charge in [0.2, 0.25) is 0 Å². The van der Waals surface area contributed by atoms with E-state index in [0.29, 0.717) is 0 Å². The van der Waals surface area contributed by atoms with Crippen LogP contribution in [0.1, 0.15) is 54.4 Å². The van der Waals surface area contributed by atoms with Crippen LogP contribution in [0.15, 0.2) is 0 Å². The Labute approximate surface area is 149 Å². The maximum absolute atomic E-state index is 12.9. The first-order chi connectivity index (χ1) is 10.5. The van der Waals surface area contributed by atoms with E-state index in [0.717, 1.165) is 0 Å². The van der Waals surface area contributed by atoms with E-state index in [9.17, 15) is 9.59 Å². The summed E-state index contributed by atoms with van der Waals surface area (Å²) in [4.78, 5) is 25.1. The molecule has 0 heterocycles. The fourth-order valence-electron chi connectivity index (χ4n) is 2.17. The second-order valence-electron chi connectivity index (χ2n) is 10.1. The lowest BCUT2D eigenvalue weighted by Gasteiger charge is -2.43. The topological polar surface area (TPSA) is 52.6 Å². The number of carbonyl (C=O) groups is 2. The van der Waals surface area contributed by atoms with Gasteiger partial charge in [0.15, 0.2) is 22.4 Å². The molecule has 0 unspecified atom stereocenters. The van der Waals surface area contributed by atoms with Crippen LogP contribution in [-0.2, 0) is 18.4 Å². The molecule has 24 heavy (non-hydrogen) atoms. The predicted octanol–water partition coefficient (Wildman–Crippen LogP) is 4.70. The maximum Gasteiger partial charge on any atom is 0.193 e. The third kappa shape index (κ3) is 4.87. The van der Waals surface area contributed by atoms with Crippen LogP contribution in [0.2, 0.25) is 36.3 Å². The van der Waals surface area contributed by atoms with Gasteiger partial charge < -0.3 is 8.85 Å². The molecule has 1 aliphatic rings. The second-order valence-corrected chi connectivity index (χ2v) is 19.6. The number of Topliss-reactive ketones (excluding diaryl/α,β-unsaturated/α-hetero) is 2. The summed E-state index contributed by atoms with van der Waals surface area (Å²) in [7, 11) is -4.21. The van der Waals surface area contributed by atoms with Gasteiger partial charge in [0.25, 0.3) is 0 Å². The average Bonchev–Trinajstić information content (AvgIpc) is 2.31. The first-order valence-electron chi connectivity index (χ1n) is 8.89. The molecule has 0 N–H and O–H groups in total. The molecule has 0 aliphatic heterocycles. The molecule has 0 aromatic rings. The minimum atomic E-state index is -2.11. The predicted molar refractivity (Wildman–Crippen MR) is 103 cm³/mol. The normalized spacial score (nSPS) is 24.4. The number of hydrogen-bond acceptors (Lipinski definition) is 4. The highest BCUT2D eigenvalue weighted by Crippen LogP contribution is 2.40. The molecule has 0 radical (unpaired) electrons. The number of ketones is 2. The molecule has 4 nitrogen and oxygen atoms in total. The summed E-state index contributed by atoms with van der Waals surface area (Å²) < 4.78 is 12.5. The van der Waals surface area contributed by atoms with E-state index < -0.39 is 28.8 Å². The first kappa shape index (κ1) is 21.7. The average molecular weight is 373 g/mol. The van der Waals surface area contributed by atoms with E-state index in [1.54, 1.807) is 0 Å². The maximum atomic E-state index is 12.9. The van der Waals surface area contributed by atoms with Crippen molar-refractivity contribution in [2.24, 2.45) is 0 Å². The largest absolute Gasteiger partial charge is 0.406 e. The van der Waals surface area contributed by atoms with Gasteiger partial charge in [-0.3, -0.25) is 9.59 Å². The highest BCUT2D eigenvalue weighted by atomic mass is 28.4. The van der Waals surface area contributed by atoms with Gasteiger partial charge in [-0.15, -0.1) is 0 Å². The second kappa shape index (κ2) is 6.78. The standard InChI is InChI=1S/C18H36O4Si2/c1-17(2,3)23(7,8)21-14-11-13(19)12-15(16(14)20)22-24(9,10)18(4,5)6/h14-15H,11-12H2,1-10H3/t14-,15-/m1/s1. The zero-order chi connectivity index (χ0) is 19.1. The van der Waals surface area contributed by atoms with Crippen LogP contribution >= 0.6 is 0 Å². The first-order valence-corrected chi connectivity index (χ1v) is 14.7. The Morgan fingerprint density at radius 1 is 0.750 bits per heavy atom. The van der Waals surface area contributed by atoms with Crippen molar-refractivity contribution in [1.82, 2.24) is 0 Å². The quantitative estimate of drug-likeness (QED) is 0.671. The molecule has 6 heteroatoms. The molecule has 1 aliphatic carbocycles. The minimum absolute atomic E-state index is 0.00353. The lowest BCUT2D eigenvalue weighted by atomic mass is 9.93. The van der Waals surface area contributed by atoms with Crippen molar-refractivity contribution in [3.63, 3.8) is 0 Å². The van der Waals surface area contributed by atoms with Crippen molar-refractivity contribution < 1.29 is 18.4 Å². The smallest absolute Gasteiger partial charge is 0.193 e. The Morgan fingerprint density at radius 3 is 1.29 bits per heavy atom. The molecule has 1 rings (SSSR count). The monoisotopic (exact) mass is 372 g/mol. The van der Waals surface area contributed by atoms with Gasteiger partial charge in [0, 0.05) is 12.8 Å². The molecule has 1 saturated carbocycles. The molecule has 1 fully saturated rings. The summed E-state index contributed by atoms with van der Waals surface area (Å²) in [5, 5.41) is 0.00706. The van der Waals surface area contributed by atoms with Gasteiger partial charge in [-0.25, -0.2) is 0 Å². The Kier molecular flexibility index (Phi) is 6.14. The van der Waals surface area contributed by atoms with E-state index in [4.69, 9.17) is 8.85 Å². The zero-order valence-electron chi connectivity index (χ0n) is 17.2. The van der Waals surface area contributed by atoms with Crippen molar-refractivity contribution in [1.29, 1.82) is 0 Å². The van der Waals surface area contributed by atoms with Crippen LogP contribution in [0.4, 0.5) is 0 Å². The Balaban J connectivity index is 2.97. The zero-order valence-corrected chi connectivity index (χ0v) is 19.2. The van der Waals surface area contributed by atoms with Crippen molar-refractivity contribution in [2.45, 2.75) is 103 Å². The van der Waals surface area contributed by atoms with Crippen LogP contribution in [-0.4, -0.2) is 40.4 Å². The van der Waals surface area contributed by atoms with Crippen LogP contribution < -0.4 is 0 Å². The fourth-order valence-corrected chi connectivity index (χ4v) is 4.70. The summed E-state index contributed by atoms with van der Waals surface area (Å²) in [5.74, 6) is 0.0336.